The van der Waals surface area contributed by atoms with Gasteiger partial charge in [0.15, 0.2) is 11.4 Å². The maximum Gasteiger partial charge on any atom is 0.273 e. The van der Waals surface area contributed by atoms with Crippen LogP contribution in [0.4, 0.5) is 0 Å². The standard InChI is InChI=1S/C13H9N3O3.ClH/c17-10-4-2-1-3-8(10)11(18)7-5-9-12(14-6-7)15-16-13(9)19;/h1-6,17H,(H2,14,15,16,19);1H. The van der Waals surface area contributed by atoms with Gasteiger partial charge in [0.1, 0.15) is 5.75 Å². The zero-order chi connectivity index (χ0) is 13.4. The maximum atomic E-state index is 12.2. The zero-order valence-electron chi connectivity index (χ0n) is 10.1. The van der Waals surface area contributed by atoms with Crippen molar-refractivity contribution in [2.75, 3.05) is 0 Å². The van der Waals surface area contributed by atoms with E-state index in [1.54, 1.807) is 12.1 Å². The van der Waals surface area contributed by atoms with Gasteiger partial charge in [0, 0.05) is 11.8 Å². The number of ketones is 1. The number of para-hydroxylation sites is 1. The van der Waals surface area contributed by atoms with Crippen LogP contribution in [-0.4, -0.2) is 26.1 Å². The molecule has 1 aromatic carbocycles. The number of hydrogen-bond acceptors (Lipinski definition) is 4. The van der Waals surface area contributed by atoms with Crippen molar-refractivity contribution in [2.45, 2.75) is 0 Å². The summed E-state index contributed by atoms with van der Waals surface area (Å²) < 4.78 is 0. The fourth-order valence-electron chi connectivity index (χ4n) is 1.87. The van der Waals surface area contributed by atoms with E-state index in [4.69, 9.17) is 0 Å². The van der Waals surface area contributed by atoms with Crippen molar-refractivity contribution in [1.82, 2.24) is 15.2 Å². The zero-order valence-corrected chi connectivity index (χ0v) is 10.9. The van der Waals surface area contributed by atoms with Gasteiger partial charge in [-0.3, -0.25) is 19.8 Å². The van der Waals surface area contributed by atoms with E-state index in [-0.39, 0.29) is 40.6 Å². The first-order chi connectivity index (χ1) is 9.16. The molecular formula is C13H10ClN3O3. The minimum Gasteiger partial charge on any atom is -0.507 e. The molecule has 0 unspecified atom stereocenters. The molecule has 0 saturated heterocycles. The molecule has 0 saturated carbocycles. The lowest BCUT2D eigenvalue weighted by Gasteiger charge is -2.02. The van der Waals surface area contributed by atoms with Crippen molar-refractivity contribution < 1.29 is 9.90 Å². The van der Waals surface area contributed by atoms with E-state index in [0.29, 0.717) is 11.0 Å². The summed E-state index contributed by atoms with van der Waals surface area (Å²) in [6, 6.07) is 7.68. The number of pyridine rings is 1. The SMILES string of the molecule is Cl.O=C(c1cnc2[nH][nH]c(=O)c2c1)c1ccccc1O. The summed E-state index contributed by atoms with van der Waals surface area (Å²) in [5, 5.41) is 14.9. The molecule has 2 aromatic heterocycles. The summed E-state index contributed by atoms with van der Waals surface area (Å²) in [6.07, 6.45) is 1.36. The number of aromatic nitrogens is 3. The molecule has 0 aliphatic rings. The van der Waals surface area contributed by atoms with Gasteiger partial charge in [-0.25, -0.2) is 4.98 Å². The Bertz CT molecular complexity index is 838. The molecule has 0 bridgehead atoms. The van der Waals surface area contributed by atoms with E-state index < -0.39 is 0 Å². The van der Waals surface area contributed by atoms with Gasteiger partial charge in [0.25, 0.3) is 5.56 Å². The van der Waals surface area contributed by atoms with Crippen LogP contribution in [0.2, 0.25) is 0 Å². The molecule has 0 amide bonds. The van der Waals surface area contributed by atoms with Gasteiger partial charge in [-0.1, -0.05) is 12.1 Å². The number of halogens is 1. The molecule has 102 valence electrons. The second-order valence-electron chi connectivity index (χ2n) is 4.05. The van der Waals surface area contributed by atoms with Crippen LogP contribution in [0.25, 0.3) is 11.0 Å². The second-order valence-corrected chi connectivity index (χ2v) is 4.05. The molecule has 20 heavy (non-hydrogen) atoms. The third-order valence-corrected chi connectivity index (χ3v) is 2.84. The number of carbonyl (C=O) groups excluding carboxylic acids is 1. The minimum atomic E-state index is -0.381. The quantitative estimate of drug-likeness (QED) is 0.625. The highest BCUT2D eigenvalue weighted by molar-refractivity contribution is 6.11. The van der Waals surface area contributed by atoms with E-state index >= 15 is 0 Å². The van der Waals surface area contributed by atoms with E-state index in [1.165, 1.54) is 24.4 Å². The van der Waals surface area contributed by atoms with Crippen LogP contribution in [-0.2, 0) is 0 Å². The number of aromatic amines is 2. The van der Waals surface area contributed by atoms with Crippen molar-refractivity contribution in [3.63, 3.8) is 0 Å². The van der Waals surface area contributed by atoms with Crippen LogP contribution in [0, 0.1) is 0 Å². The van der Waals surface area contributed by atoms with Crippen LogP contribution in [0.5, 0.6) is 5.75 Å². The molecule has 0 atom stereocenters. The van der Waals surface area contributed by atoms with Gasteiger partial charge in [0.2, 0.25) is 0 Å². The Morgan fingerprint density at radius 1 is 1.20 bits per heavy atom. The number of aromatic hydroxyl groups is 1. The van der Waals surface area contributed by atoms with Crippen molar-refractivity contribution in [3.8, 4) is 5.75 Å². The fourth-order valence-corrected chi connectivity index (χ4v) is 1.87. The van der Waals surface area contributed by atoms with Crippen molar-refractivity contribution in [2.24, 2.45) is 0 Å². The number of carbonyl (C=O) groups is 1. The molecule has 7 heteroatoms. The molecule has 0 aliphatic heterocycles. The van der Waals surface area contributed by atoms with Crippen LogP contribution in [0.15, 0.2) is 41.3 Å². The lowest BCUT2D eigenvalue weighted by Crippen LogP contribution is -2.04. The summed E-state index contributed by atoms with van der Waals surface area (Å²) in [6.45, 7) is 0. The van der Waals surface area contributed by atoms with E-state index in [2.05, 4.69) is 15.2 Å². The highest BCUT2D eigenvalue weighted by Crippen LogP contribution is 2.20. The molecule has 0 radical (unpaired) electrons. The largest absolute Gasteiger partial charge is 0.507 e. The smallest absolute Gasteiger partial charge is 0.273 e. The highest BCUT2D eigenvalue weighted by atomic mass is 35.5. The summed E-state index contributed by atoms with van der Waals surface area (Å²) in [5.74, 6) is -0.483. The molecule has 6 nitrogen and oxygen atoms in total. The van der Waals surface area contributed by atoms with Gasteiger partial charge in [-0.15, -0.1) is 12.4 Å². The maximum absolute atomic E-state index is 12.2. The van der Waals surface area contributed by atoms with Crippen molar-refractivity contribution in [1.29, 1.82) is 0 Å². The molecule has 2 heterocycles. The Labute approximate surface area is 118 Å². The Kier molecular flexibility index (Phi) is 3.58. The number of fused-ring (bicyclic) bond motifs is 1. The first-order valence-corrected chi connectivity index (χ1v) is 5.56. The average molecular weight is 292 g/mol. The van der Waals surface area contributed by atoms with E-state index in [9.17, 15) is 14.7 Å². The average Bonchev–Trinajstić information content (AvgIpc) is 2.80. The topological polar surface area (TPSA) is 98.8 Å². The van der Waals surface area contributed by atoms with Gasteiger partial charge >= 0.3 is 0 Å². The number of rotatable bonds is 2. The fraction of sp³-hybridized carbons (Fsp3) is 0. The van der Waals surface area contributed by atoms with Crippen LogP contribution >= 0.6 is 12.4 Å². The van der Waals surface area contributed by atoms with Crippen LogP contribution in [0.3, 0.4) is 0 Å². The number of phenols is 1. The first kappa shape index (κ1) is 13.8. The summed E-state index contributed by atoms with van der Waals surface area (Å²) in [5.41, 5.74) is 0.475. The predicted molar refractivity (Wildman–Crippen MR) is 75.5 cm³/mol. The minimum absolute atomic E-state index is 0. The second kappa shape index (κ2) is 5.18. The molecule has 0 aliphatic carbocycles. The van der Waals surface area contributed by atoms with Crippen LogP contribution in [0.1, 0.15) is 15.9 Å². The number of H-pyrrole nitrogens is 2. The molecular weight excluding hydrogens is 282 g/mol. The third kappa shape index (κ3) is 2.17. The summed E-state index contributed by atoms with van der Waals surface area (Å²) in [4.78, 5) is 27.7. The first-order valence-electron chi connectivity index (χ1n) is 5.56. The third-order valence-electron chi connectivity index (χ3n) is 2.84. The highest BCUT2D eigenvalue weighted by Gasteiger charge is 2.15. The lowest BCUT2D eigenvalue weighted by atomic mass is 10.0. The normalized spacial score (nSPS) is 10.2. The molecule has 3 aromatic rings. The Morgan fingerprint density at radius 3 is 2.70 bits per heavy atom. The van der Waals surface area contributed by atoms with E-state index in [1.807, 2.05) is 0 Å². The van der Waals surface area contributed by atoms with E-state index in [0.717, 1.165) is 0 Å². The van der Waals surface area contributed by atoms with Gasteiger partial charge < -0.3 is 5.11 Å². The Morgan fingerprint density at radius 2 is 1.95 bits per heavy atom. The Hall–Kier alpha value is -2.60. The number of nitrogens with zero attached hydrogens (tertiary/aromatic N) is 1. The van der Waals surface area contributed by atoms with Crippen LogP contribution < -0.4 is 5.56 Å². The summed E-state index contributed by atoms with van der Waals surface area (Å²) >= 11 is 0. The number of benzene rings is 1. The van der Waals surface area contributed by atoms with Crippen molar-refractivity contribution >= 4 is 29.2 Å². The molecule has 3 rings (SSSR count). The van der Waals surface area contributed by atoms with Gasteiger partial charge in [-0.05, 0) is 18.2 Å². The molecule has 0 spiro atoms. The number of hydrogen-bond donors (Lipinski definition) is 3. The van der Waals surface area contributed by atoms with Gasteiger partial charge in [0.05, 0.1) is 10.9 Å². The Balaban J connectivity index is 0.00000147. The summed E-state index contributed by atoms with van der Waals surface area (Å²) in [7, 11) is 0. The predicted octanol–water partition coefficient (Wildman–Crippen LogP) is 1.61. The molecule has 0 fully saturated rings. The number of nitrogens with one attached hydrogen (secondary N) is 2. The van der Waals surface area contributed by atoms with Crippen molar-refractivity contribution in [3.05, 3.63) is 58.0 Å². The lowest BCUT2D eigenvalue weighted by molar-refractivity contribution is 0.103. The number of phenolic OH excluding ortho intramolecular Hbond substituents is 1. The monoisotopic (exact) mass is 291 g/mol. The van der Waals surface area contributed by atoms with Gasteiger partial charge in [-0.2, -0.15) is 0 Å². The molecule has 3 N–H and O–H groups in total.